The lowest BCUT2D eigenvalue weighted by Gasteiger charge is -2.21. The van der Waals surface area contributed by atoms with Gasteiger partial charge >= 0.3 is 0 Å². The minimum atomic E-state index is 0. The van der Waals surface area contributed by atoms with Crippen LogP contribution in [-0.2, 0) is 0 Å². The normalized spacial score (nSPS) is 11.7. The summed E-state index contributed by atoms with van der Waals surface area (Å²) in [6.45, 7) is 3.41. The van der Waals surface area contributed by atoms with Gasteiger partial charge in [-0.15, -0.1) is 0 Å². The predicted octanol–water partition coefficient (Wildman–Crippen LogP) is 0.613. The molecule has 92 valence electrons. The maximum absolute atomic E-state index is 2.34. The van der Waals surface area contributed by atoms with Gasteiger partial charge in [0.25, 0.3) is 0 Å². The third kappa shape index (κ3) is 16.7. The molecule has 0 N–H and O–H groups in total. The number of allylic oxidation sites excluding steroid dienone is 1. The number of halogens is 1. The Hall–Kier alpha value is -0.0100. The molecule has 0 heterocycles. The summed E-state index contributed by atoms with van der Waals surface area (Å²) in [6, 6.07) is 0. The highest BCUT2D eigenvalue weighted by Crippen LogP contribution is 2.05. The topological polar surface area (TPSA) is 0 Å². The van der Waals surface area contributed by atoms with Crippen LogP contribution in [0.4, 0.5) is 0 Å². The Bertz CT molecular complexity index is 147. The number of unbranched alkanes of at least 4 members (excludes halogenated alkanes) is 5. The van der Waals surface area contributed by atoms with Crippen LogP contribution in [0.15, 0.2) is 12.2 Å². The molecule has 0 aliphatic carbocycles. The molecule has 0 rings (SSSR count). The number of hydrogen-bond donors (Lipinski definition) is 0. The first kappa shape index (κ1) is 17.4. The van der Waals surface area contributed by atoms with Crippen molar-refractivity contribution in [3.05, 3.63) is 12.2 Å². The Morgan fingerprint density at radius 1 is 0.867 bits per heavy atom. The van der Waals surface area contributed by atoms with Crippen LogP contribution in [0.5, 0.6) is 0 Å². The zero-order chi connectivity index (χ0) is 10.9. The molecule has 0 bridgehead atoms. The SMILES string of the molecule is CCCCCCC/C=C/C[N+](C)(C)C.[Cl-]. The standard InChI is InChI=1S/C13H28N.ClH/c1-5-6-7-8-9-10-11-12-13-14(2,3)4;/h11-12H,5-10,13H2,1-4H3;1H/q+1;/p-1/b12-11+;. The van der Waals surface area contributed by atoms with Crippen LogP contribution in [0.2, 0.25) is 0 Å². The van der Waals surface area contributed by atoms with Gasteiger partial charge in [-0.05, 0) is 18.9 Å². The molecule has 0 fully saturated rings. The van der Waals surface area contributed by atoms with Gasteiger partial charge in [0.05, 0.1) is 27.7 Å². The Morgan fingerprint density at radius 2 is 1.47 bits per heavy atom. The molecule has 0 aromatic rings. The van der Waals surface area contributed by atoms with Gasteiger partial charge in [0.1, 0.15) is 0 Å². The first-order valence-electron chi connectivity index (χ1n) is 6.01. The molecule has 0 unspecified atom stereocenters. The molecule has 1 nitrogen and oxygen atoms in total. The molecule has 0 spiro atoms. The van der Waals surface area contributed by atoms with Crippen molar-refractivity contribution in [3.63, 3.8) is 0 Å². The van der Waals surface area contributed by atoms with Gasteiger partial charge in [0.2, 0.25) is 0 Å². The van der Waals surface area contributed by atoms with Gasteiger partial charge < -0.3 is 16.9 Å². The van der Waals surface area contributed by atoms with Crippen molar-refractivity contribution in [2.45, 2.75) is 45.4 Å². The van der Waals surface area contributed by atoms with E-state index in [9.17, 15) is 0 Å². The van der Waals surface area contributed by atoms with Gasteiger partial charge in [-0.25, -0.2) is 0 Å². The van der Waals surface area contributed by atoms with Gasteiger partial charge in [-0.1, -0.05) is 38.7 Å². The fraction of sp³-hybridized carbons (Fsp3) is 0.846. The second-order valence-electron chi connectivity index (χ2n) is 5.15. The fourth-order valence-corrected chi connectivity index (χ4v) is 1.37. The van der Waals surface area contributed by atoms with E-state index in [1.165, 1.54) is 38.5 Å². The van der Waals surface area contributed by atoms with Gasteiger partial charge in [0, 0.05) is 0 Å². The van der Waals surface area contributed by atoms with Crippen LogP contribution in [-0.4, -0.2) is 32.2 Å². The Labute approximate surface area is 103 Å². The summed E-state index contributed by atoms with van der Waals surface area (Å²) in [6.07, 6.45) is 12.9. The first-order valence-corrected chi connectivity index (χ1v) is 6.01. The van der Waals surface area contributed by atoms with Crippen LogP contribution in [0.25, 0.3) is 0 Å². The van der Waals surface area contributed by atoms with Crippen LogP contribution in [0.3, 0.4) is 0 Å². The highest BCUT2D eigenvalue weighted by Gasteiger charge is 2.00. The van der Waals surface area contributed by atoms with Crippen LogP contribution < -0.4 is 12.4 Å². The first-order chi connectivity index (χ1) is 6.56. The number of quaternary nitrogens is 1. The molecule has 0 saturated carbocycles. The third-order valence-corrected chi connectivity index (χ3v) is 2.29. The van der Waals surface area contributed by atoms with Crippen LogP contribution in [0.1, 0.15) is 45.4 Å². The van der Waals surface area contributed by atoms with Crippen molar-refractivity contribution in [2.75, 3.05) is 27.7 Å². The van der Waals surface area contributed by atoms with E-state index in [1.807, 2.05) is 0 Å². The highest BCUT2D eigenvalue weighted by atomic mass is 35.5. The van der Waals surface area contributed by atoms with Crippen molar-refractivity contribution in [3.8, 4) is 0 Å². The van der Waals surface area contributed by atoms with Crippen LogP contribution >= 0.6 is 0 Å². The summed E-state index contributed by atoms with van der Waals surface area (Å²) in [5.41, 5.74) is 0. The van der Waals surface area contributed by atoms with E-state index in [0.29, 0.717) is 0 Å². The summed E-state index contributed by atoms with van der Waals surface area (Å²) in [7, 11) is 6.68. The molecule has 0 aliphatic heterocycles. The van der Waals surface area contributed by atoms with Crippen molar-refractivity contribution < 1.29 is 16.9 Å². The van der Waals surface area contributed by atoms with E-state index < -0.39 is 0 Å². The summed E-state index contributed by atoms with van der Waals surface area (Å²) >= 11 is 0. The monoisotopic (exact) mass is 233 g/mol. The number of nitrogens with zero attached hydrogens (tertiary/aromatic N) is 1. The maximum Gasteiger partial charge on any atom is 0.0967 e. The van der Waals surface area contributed by atoms with Gasteiger partial charge in [-0.2, -0.15) is 0 Å². The number of hydrogen-bond acceptors (Lipinski definition) is 0. The molecule has 0 aliphatic rings. The van der Waals surface area contributed by atoms with E-state index in [1.54, 1.807) is 0 Å². The quantitative estimate of drug-likeness (QED) is 0.328. The van der Waals surface area contributed by atoms with E-state index >= 15 is 0 Å². The molecule has 15 heavy (non-hydrogen) atoms. The smallest absolute Gasteiger partial charge is 0.0967 e. The predicted molar refractivity (Wildman–Crippen MR) is 65.4 cm³/mol. The lowest BCUT2D eigenvalue weighted by Crippen LogP contribution is -3.00. The molecule has 2 heteroatoms. The zero-order valence-electron chi connectivity index (χ0n) is 10.9. The van der Waals surface area contributed by atoms with E-state index in [2.05, 4.69) is 40.2 Å². The highest BCUT2D eigenvalue weighted by molar-refractivity contribution is 4.81. The van der Waals surface area contributed by atoms with E-state index in [0.717, 1.165) is 11.0 Å². The molecular weight excluding hydrogens is 206 g/mol. The minimum Gasteiger partial charge on any atom is -1.00 e. The molecule has 0 aromatic heterocycles. The molecule has 0 aromatic carbocycles. The molecule has 0 amide bonds. The summed E-state index contributed by atoms with van der Waals surface area (Å²) in [4.78, 5) is 0. The molecular formula is C13H28ClN. The Morgan fingerprint density at radius 3 is 2.00 bits per heavy atom. The summed E-state index contributed by atoms with van der Waals surface area (Å²) in [5, 5.41) is 0. The van der Waals surface area contributed by atoms with Crippen molar-refractivity contribution in [2.24, 2.45) is 0 Å². The van der Waals surface area contributed by atoms with Crippen molar-refractivity contribution in [1.29, 1.82) is 0 Å². The second kappa shape index (κ2) is 10.5. The second-order valence-corrected chi connectivity index (χ2v) is 5.15. The summed E-state index contributed by atoms with van der Waals surface area (Å²) in [5.74, 6) is 0. The molecule has 0 saturated heterocycles. The molecule has 0 atom stereocenters. The van der Waals surface area contributed by atoms with Crippen molar-refractivity contribution in [1.82, 2.24) is 0 Å². The molecule has 0 radical (unpaired) electrons. The number of likely N-dealkylation sites (N-methyl/N-ethyl adjacent to an activating group) is 1. The lowest BCUT2D eigenvalue weighted by atomic mass is 10.1. The Kier molecular flexibility index (Phi) is 12.2. The van der Waals surface area contributed by atoms with E-state index in [-0.39, 0.29) is 12.4 Å². The minimum absolute atomic E-state index is 0. The van der Waals surface area contributed by atoms with Crippen molar-refractivity contribution >= 4 is 0 Å². The van der Waals surface area contributed by atoms with E-state index in [4.69, 9.17) is 0 Å². The fourth-order valence-electron chi connectivity index (χ4n) is 1.37. The largest absolute Gasteiger partial charge is 1.00 e. The average Bonchev–Trinajstić information content (AvgIpc) is 2.08. The average molecular weight is 234 g/mol. The number of rotatable bonds is 8. The Balaban J connectivity index is 0. The van der Waals surface area contributed by atoms with Crippen LogP contribution in [0, 0.1) is 0 Å². The summed E-state index contributed by atoms with van der Waals surface area (Å²) < 4.78 is 1.03. The van der Waals surface area contributed by atoms with Gasteiger partial charge in [0.15, 0.2) is 0 Å². The third-order valence-electron chi connectivity index (χ3n) is 2.29. The maximum atomic E-state index is 2.34. The lowest BCUT2D eigenvalue weighted by molar-refractivity contribution is -0.864. The zero-order valence-corrected chi connectivity index (χ0v) is 11.7. The van der Waals surface area contributed by atoms with Gasteiger partial charge in [-0.3, -0.25) is 0 Å².